The number of nitrogens with zero attached hydrogens (tertiary/aromatic N) is 1. The van der Waals surface area contributed by atoms with Gasteiger partial charge in [-0.3, -0.25) is 0 Å². The van der Waals surface area contributed by atoms with E-state index in [0.717, 1.165) is 18.7 Å². The van der Waals surface area contributed by atoms with Gasteiger partial charge in [-0.25, -0.2) is 14.6 Å². The van der Waals surface area contributed by atoms with E-state index in [1.807, 2.05) is 6.92 Å². The minimum atomic E-state index is -1.22. The molecule has 0 aromatic carbocycles. The summed E-state index contributed by atoms with van der Waals surface area (Å²) >= 11 is 0. The first kappa shape index (κ1) is 16.0. The average Bonchev–Trinajstić information content (AvgIpc) is 2.87. The Balaban J connectivity index is 2.29. The number of rotatable bonds is 8. The van der Waals surface area contributed by atoms with E-state index in [2.05, 4.69) is 20.6 Å². The smallest absolute Gasteiger partial charge is 0.329 e. The summed E-state index contributed by atoms with van der Waals surface area (Å²) in [5, 5.41) is 14.3. The fraction of sp³-hybridized carbons (Fsp3) is 0.615. The Bertz CT molecular complexity index is 433. The van der Waals surface area contributed by atoms with Gasteiger partial charge in [-0.1, -0.05) is 13.3 Å². The SMILES string of the molecule is CCCC(C)(NC(=O)NCCCc1ncc[nH]1)C(=O)O. The van der Waals surface area contributed by atoms with Crippen molar-refractivity contribution in [3.63, 3.8) is 0 Å². The van der Waals surface area contributed by atoms with Gasteiger partial charge in [-0.05, 0) is 19.8 Å². The van der Waals surface area contributed by atoms with Crippen LogP contribution in [0.15, 0.2) is 12.4 Å². The summed E-state index contributed by atoms with van der Waals surface area (Å²) in [6.07, 6.45) is 5.97. The topological polar surface area (TPSA) is 107 Å². The lowest BCUT2D eigenvalue weighted by Gasteiger charge is -2.25. The maximum atomic E-state index is 11.7. The van der Waals surface area contributed by atoms with Gasteiger partial charge < -0.3 is 20.7 Å². The fourth-order valence-electron chi connectivity index (χ4n) is 1.91. The van der Waals surface area contributed by atoms with Crippen LogP contribution < -0.4 is 10.6 Å². The van der Waals surface area contributed by atoms with Gasteiger partial charge in [0.1, 0.15) is 11.4 Å². The molecule has 20 heavy (non-hydrogen) atoms. The normalized spacial score (nSPS) is 13.5. The zero-order chi connectivity index (χ0) is 15.0. The second kappa shape index (κ2) is 7.52. The third-order valence-corrected chi connectivity index (χ3v) is 3.04. The highest BCUT2D eigenvalue weighted by Crippen LogP contribution is 2.12. The van der Waals surface area contributed by atoms with Crippen LogP contribution in [-0.4, -0.2) is 39.2 Å². The number of carbonyl (C=O) groups excluding carboxylic acids is 1. The number of imidazole rings is 1. The molecule has 1 unspecified atom stereocenters. The van der Waals surface area contributed by atoms with E-state index in [1.54, 1.807) is 12.4 Å². The molecular formula is C13H22N4O3. The maximum Gasteiger partial charge on any atom is 0.329 e. The number of urea groups is 1. The summed E-state index contributed by atoms with van der Waals surface area (Å²) in [7, 11) is 0. The first-order valence-electron chi connectivity index (χ1n) is 6.75. The summed E-state index contributed by atoms with van der Waals surface area (Å²) in [6, 6.07) is -0.456. The number of aliphatic carboxylic acids is 1. The summed E-state index contributed by atoms with van der Waals surface area (Å²) in [4.78, 5) is 29.9. The van der Waals surface area contributed by atoms with Crippen LogP contribution in [0.3, 0.4) is 0 Å². The lowest BCUT2D eigenvalue weighted by Crippen LogP contribution is -2.55. The van der Waals surface area contributed by atoms with Crippen LogP contribution in [-0.2, 0) is 11.2 Å². The van der Waals surface area contributed by atoms with Crippen molar-refractivity contribution in [3.8, 4) is 0 Å². The van der Waals surface area contributed by atoms with E-state index >= 15 is 0 Å². The second-order valence-electron chi connectivity index (χ2n) is 4.91. The van der Waals surface area contributed by atoms with Crippen molar-refractivity contribution in [2.75, 3.05) is 6.54 Å². The lowest BCUT2D eigenvalue weighted by atomic mass is 9.97. The van der Waals surface area contributed by atoms with E-state index in [-0.39, 0.29) is 0 Å². The van der Waals surface area contributed by atoms with Gasteiger partial charge >= 0.3 is 12.0 Å². The van der Waals surface area contributed by atoms with Crippen LogP contribution in [0.1, 0.15) is 38.9 Å². The first-order valence-corrected chi connectivity index (χ1v) is 6.75. The summed E-state index contributed by atoms with van der Waals surface area (Å²) in [5.74, 6) is -0.154. The summed E-state index contributed by atoms with van der Waals surface area (Å²) < 4.78 is 0. The van der Waals surface area contributed by atoms with E-state index in [4.69, 9.17) is 5.11 Å². The molecule has 0 saturated heterocycles. The number of nitrogens with one attached hydrogen (secondary N) is 3. The Hall–Kier alpha value is -2.05. The summed E-state index contributed by atoms with van der Waals surface area (Å²) in [5.41, 5.74) is -1.22. The molecule has 0 aliphatic heterocycles. The molecule has 1 rings (SSSR count). The van der Waals surface area contributed by atoms with Crippen LogP contribution in [0, 0.1) is 0 Å². The van der Waals surface area contributed by atoms with Crippen molar-refractivity contribution in [2.24, 2.45) is 0 Å². The Morgan fingerprint density at radius 3 is 2.80 bits per heavy atom. The highest BCUT2D eigenvalue weighted by molar-refractivity contribution is 5.85. The fourth-order valence-corrected chi connectivity index (χ4v) is 1.91. The predicted molar refractivity (Wildman–Crippen MR) is 74.4 cm³/mol. The minimum absolute atomic E-state index is 0.391. The molecular weight excluding hydrogens is 260 g/mol. The molecule has 112 valence electrons. The third kappa shape index (κ3) is 4.91. The number of aromatic amines is 1. The molecule has 0 saturated carbocycles. The highest BCUT2D eigenvalue weighted by atomic mass is 16.4. The van der Waals surface area contributed by atoms with Gasteiger partial charge in [-0.2, -0.15) is 0 Å². The molecule has 7 nitrogen and oxygen atoms in total. The average molecular weight is 282 g/mol. The molecule has 1 aromatic heterocycles. The quantitative estimate of drug-likeness (QED) is 0.539. The number of carbonyl (C=O) groups is 2. The van der Waals surface area contributed by atoms with Crippen molar-refractivity contribution >= 4 is 12.0 Å². The molecule has 1 aromatic rings. The van der Waals surface area contributed by atoms with Gasteiger partial charge in [0.25, 0.3) is 0 Å². The third-order valence-electron chi connectivity index (χ3n) is 3.04. The number of aromatic nitrogens is 2. The van der Waals surface area contributed by atoms with Gasteiger partial charge in [0, 0.05) is 25.4 Å². The first-order chi connectivity index (χ1) is 9.48. The zero-order valence-corrected chi connectivity index (χ0v) is 11.9. The van der Waals surface area contributed by atoms with Crippen LogP contribution in [0.4, 0.5) is 4.79 Å². The molecule has 4 N–H and O–H groups in total. The summed E-state index contributed by atoms with van der Waals surface area (Å²) in [6.45, 7) is 3.86. The van der Waals surface area contributed by atoms with Crippen LogP contribution in [0.5, 0.6) is 0 Å². The molecule has 0 spiro atoms. The molecule has 1 heterocycles. The van der Waals surface area contributed by atoms with Crippen molar-refractivity contribution in [1.29, 1.82) is 0 Å². The monoisotopic (exact) mass is 282 g/mol. The Morgan fingerprint density at radius 1 is 1.50 bits per heavy atom. The molecule has 0 aliphatic carbocycles. The number of carboxylic acid groups (broad SMARTS) is 1. The van der Waals surface area contributed by atoms with Crippen LogP contribution >= 0.6 is 0 Å². The number of carboxylic acids is 1. The van der Waals surface area contributed by atoms with Crippen molar-refractivity contribution in [3.05, 3.63) is 18.2 Å². The van der Waals surface area contributed by atoms with Gasteiger partial charge in [0.15, 0.2) is 0 Å². The van der Waals surface area contributed by atoms with Gasteiger partial charge in [-0.15, -0.1) is 0 Å². The van der Waals surface area contributed by atoms with Gasteiger partial charge in [0.05, 0.1) is 0 Å². The maximum absolute atomic E-state index is 11.7. The predicted octanol–water partition coefficient (Wildman–Crippen LogP) is 1.28. The van der Waals surface area contributed by atoms with Gasteiger partial charge in [0.2, 0.25) is 0 Å². The van der Waals surface area contributed by atoms with Crippen molar-refractivity contribution in [2.45, 2.75) is 45.1 Å². The van der Waals surface area contributed by atoms with Crippen LogP contribution in [0.25, 0.3) is 0 Å². The second-order valence-corrected chi connectivity index (χ2v) is 4.91. The van der Waals surface area contributed by atoms with Crippen molar-refractivity contribution < 1.29 is 14.7 Å². The number of hydrogen-bond acceptors (Lipinski definition) is 3. The molecule has 0 aliphatic rings. The van der Waals surface area contributed by atoms with Crippen molar-refractivity contribution in [1.82, 2.24) is 20.6 Å². The number of amides is 2. The molecule has 0 radical (unpaired) electrons. The largest absolute Gasteiger partial charge is 0.480 e. The Kier molecular flexibility index (Phi) is 6.02. The number of hydrogen-bond donors (Lipinski definition) is 4. The van der Waals surface area contributed by atoms with Crippen LogP contribution in [0.2, 0.25) is 0 Å². The Labute approximate surface area is 118 Å². The minimum Gasteiger partial charge on any atom is -0.480 e. The zero-order valence-electron chi connectivity index (χ0n) is 11.9. The lowest BCUT2D eigenvalue weighted by molar-refractivity contribution is -0.144. The molecule has 0 fully saturated rings. The molecule has 0 bridgehead atoms. The van der Waals surface area contributed by atoms with E-state index in [9.17, 15) is 9.59 Å². The highest BCUT2D eigenvalue weighted by Gasteiger charge is 2.33. The molecule has 7 heteroatoms. The number of aryl methyl sites for hydroxylation is 1. The number of H-pyrrole nitrogens is 1. The Morgan fingerprint density at radius 2 is 2.25 bits per heavy atom. The van der Waals surface area contributed by atoms with E-state index in [0.29, 0.717) is 19.4 Å². The van der Waals surface area contributed by atoms with E-state index < -0.39 is 17.5 Å². The molecule has 2 amide bonds. The van der Waals surface area contributed by atoms with E-state index in [1.165, 1.54) is 6.92 Å². The standard InChI is InChI=1S/C13H22N4O3/c1-3-6-13(2,11(18)19)17-12(20)16-7-4-5-10-14-8-9-15-10/h8-9H,3-7H2,1-2H3,(H,14,15)(H,18,19)(H2,16,17,20). The molecule has 1 atom stereocenters.